The molecule has 72 valence electrons. The Balaban J connectivity index is 2.11. The topological polar surface area (TPSA) is 55.4 Å². The molecule has 2 rings (SSSR count). The highest BCUT2D eigenvalue weighted by atomic mass is 79.9. The van der Waals surface area contributed by atoms with Gasteiger partial charge >= 0.3 is 6.09 Å². The normalized spacial score (nSPS) is 39.0. The molecule has 5 heteroatoms. The SMILES string of the molecule is O=C1NC(=O)C2CC(Br)CCC2O1. The molecule has 1 aliphatic carbocycles. The first kappa shape index (κ1) is 8.99. The number of halogens is 1. The molecule has 1 aliphatic heterocycles. The Kier molecular flexibility index (Phi) is 2.27. The first-order valence-electron chi connectivity index (χ1n) is 4.32. The molecule has 13 heavy (non-hydrogen) atoms. The molecule has 1 heterocycles. The van der Waals surface area contributed by atoms with Crippen LogP contribution >= 0.6 is 15.9 Å². The minimum atomic E-state index is -0.598. The Morgan fingerprint density at radius 3 is 2.92 bits per heavy atom. The fraction of sp³-hybridized carbons (Fsp3) is 0.750. The van der Waals surface area contributed by atoms with Gasteiger partial charge in [0.05, 0.1) is 5.92 Å². The molecule has 1 saturated heterocycles. The van der Waals surface area contributed by atoms with Crippen molar-refractivity contribution in [2.75, 3.05) is 0 Å². The van der Waals surface area contributed by atoms with Crippen LogP contribution in [0.25, 0.3) is 0 Å². The van der Waals surface area contributed by atoms with Crippen molar-refractivity contribution in [1.82, 2.24) is 5.32 Å². The van der Waals surface area contributed by atoms with Crippen LogP contribution < -0.4 is 5.32 Å². The molecule has 3 atom stereocenters. The van der Waals surface area contributed by atoms with Crippen LogP contribution in [0.5, 0.6) is 0 Å². The molecule has 2 fully saturated rings. The van der Waals surface area contributed by atoms with E-state index in [2.05, 4.69) is 21.2 Å². The van der Waals surface area contributed by atoms with E-state index in [1.165, 1.54) is 0 Å². The molecule has 2 amide bonds. The van der Waals surface area contributed by atoms with Crippen molar-refractivity contribution >= 4 is 27.9 Å². The molecular formula is C8H10BrNO3. The van der Waals surface area contributed by atoms with Gasteiger partial charge in [-0.25, -0.2) is 4.79 Å². The number of hydrogen-bond donors (Lipinski definition) is 1. The summed E-state index contributed by atoms with van der Waals surface area (Å²) in [7, 11) is 0. The molecule has 2 aliphatic rings. The lowest BCUT2D eigenvalue weighted by Crippen LogP contribution is -2.51. The van der Waals surface area contributed by atoms with Crippen LogP contribution in [0.2, 0.25) is 0 Å². The lowest BCUT2D eigenvalue weighted by Gasteiger charge is -2.35. The molecule has 0 radical (unpaired) electrons. The summed E-state index contributed by atoms with van der Waals surface area (Å²) in [4.78, 5) is 22.6. The van der Waals surface area contributed by atoms with Gasteiger partial charge in [0.2, 0.25) is 5.91 Å². The average molecular weight is 248 g/mol. The van der Waals surface area contributed by atoms with Crippen molar-refractivity contribution in [3.05, 3.63) is 0 Å². The first-order valence-corrected chi connectivity index (χ1v) is 5.24. The zero-order valence-electron chi connectivity index (χ0n) is 6.96. The van der Waals surface area contributed by atoms with Crippen LogP contribution in [0.3, 0.4) is 0 Å². The van der Waals surface area contributed by atoms with Crippen LogP contribution in [-0.2, 0) is 9.53 Å². The number of hydrogen-bond acceptors (Lipinski definition) is 3. The van der Waals surface area contributed by atoms with Gasteiger partial charge in [-0.1, -0.05) is 15.9 Å². The highest BCUT2D eigenvalue weighted by Gasteiger charge is 2.41. The number of carbonyl (C=O) groups excluding carboxylic acids is 2. The van der Waals surface area contributed by atoms with E-state index in [1.807, 2.05) is 0 Å². The molecule has 0 aromatic rings. The van der Waals surface area contributed by atoms with Gasteiger partial charge in [0, 0.05) is 4.83 Å². The summed E-state index contributed by atoms with van der Waals surface area (Å²) >= 11 is 3.47. The van der Waals surface area contributed by atoms with E-state index >= 15 is 0 Å². The van der Waals surface area contributed by atoms with Gasteiger partial charge < -0.3 is 4.74 Å². The zero-order chi connectivity index (χ0) is 9.42. The smallest absolute Gasteiger partial charge is 0.414 e. The van der Waals surface area contributed by atoms with Gasteiger partial charge in [-0.2, -0.15) is 0 Å². The summed E-state index contributed by atoms with van der Waals surface area (Å²) in [6, 6.07) is 0. The average Bonchev–Trinajstić information content (AvgIpc) is 2.06. The van der Waals surface area contributed by atoms with Gasteiger partial charge in [-0.3, -0.25) is 10.1 Å². The predicted molar refractivity (Wildman–Crippen MR) is 48.5 cm³/mol. The number of ether oxygens (including phenoxy) is 1. The second kappa shape index (κ2) is 3.29. The van der Waals surface area contributed by atoms with Crippen molar-refractivity contribution in [1.29, 1.82) is 0 Å². The molecular weight excluding hydrogens is 238 g/mol. The third-order valence-electron chi connectivity index (χ3n) is 2.54. The minimum absolute atomic E-state index is 0.157. The van der Waals surface area contributed by atoms with E-state index < -0.39 is 6.09 Å². The number of imide groups is 1. The third-order valence-corrected chi connectivity index (χ3v) is 3.37. The highest BCUT2D eigenvalue weighted by molar-refractivity contribution is 9.09. The molecule has 3 unspecified atom stereocenters. The Morgan fingerprint density at radius 1 is 1.38 bits per heavy atom. The van der Waals surface area contributed by atoms with Crippen LogP contribution in [0, 0.1) is 5.92 Å². The summed E-state index contributed by atoms with van der Waals surface area (Å²) in [6.07, 6.45) is 1.69. The Morgan fingerprint density at radius 2 is 2.15 bits per heavy atom. The highest BCUT2D eigenvalue weighted by Crippen LogP contribution is 2.33. The second-order valence-corrected chi connectivity index (χ2v) is 4.74. The van der Waals surface area contributed by atoms with Gasteiger partial charge in [0.25, 0.3) is 0 Å². The summed E-state index contributed by atoms with van der Waals surface area (Å²) in [5, 5.41) is 2.18. The summed E-state index contributed by atoms with van der Waals surface area (Å²) in [6.45, 7) is 0. The van der Waals surface area contributed by atoms with Crippen molar-refractivity contribution in [2.24, 2.45) is 5.92 Å². The number of amides is 2. The van der Waals surface area contributed by atoms with Gasteiger partial charge in [0.1, 0.15) is 6.10 Å². The maximum atomic E-state index is 11.4. The van der Waals surface area contributed by atoms with E-state index in [9.17, 15) is 9.59 Å². The van der Waals surface area contributed by atoms with Gasteiger partial charge in [-0.15, -0.1) is 0 Å². The standard InChI is InChI=1S/C8H10BrNO3/c9-4-1-2-6-5(3-4)7(11)10-8(12)13-6/h4-6H,1-3H2,(H,10,11,12). The van der Waals surface area contributed by atoms with E-state index in [1.54, 1.807) is 0 Å². The quantitative estimate of drug-likeness (QED) is 0.655. The molecule has 0 spiro atoms. The summed E-state index contributed by atoms with van der Waals surface area (Å²) in [5.41, 5.74) is 0. The summed E-state index contributed by atoms with van der Waals surface area (Å²) in [5.74, 6) is -0.346. The van der Waals surface area contributed by atoms with Crippen molar-refractivity contribution < 1.29 is 14.3 Å². The number of nitrogens with one attached hydrogen (secondary N) is 1. The van der Waals surface area contributed by atoms with E-state index in [0.717, 1.165) is 19.3 Å². The van der Waals surface area contributed by atoms with Gasteiger partial charge in [0.15, 0.2) is 0 Å². The Labute approximate surface area is 84.1 Å². The number of fused-ring (bicyclic) bond motifs is 1. The monoisotopic (exact) mass is 247 g/mol. The Hall–Kier alpha value is -0.580. The van der Waals surface area contributed by atoms with E-state index in [0.29, 0.717) is 4.83 Å². The summed E-state index contributed by atoms with van der Waals surface area (Å²) < 4.78 is 5.02. The number of alkyl carbamates (subject to hydrolysis) is 1. The molecule has 1 N–H and O–H groups in total. The fourth-order valence-electron chi connectivity index (χ4n) is 1.87. The zero-order valence-corrected chi connectivity index (χ0v) is 8.54. The number of alkyl halides is 1. The van der Waals surface area contributed by atoms with Crippen molar-refractivity contribution in [3.8, 4) is 0 Å². The van der Waals surface area contributed by atoms with Gasteiger partial charge in [-0.05, 0) is 19.3 Å². The molecule has 1 saturated carbocycles. The largest absolute Gasteiger partial charge is 0.445 e. The minimum Gasteiger partial charge on any atom is -0.445 e. The molecule has 4 nitrogen and oxygen atoms in total. The predicted octanol–water partition coefficient (Wildman–Crippen LogP) is 1.19. The van der Waals surface area contributed by atoms with Crippen LogP contribution in [0.15, 0.2) is 0 Å². The lowest BCUT2D eigenvalue weighted by molar-refractivity contribution is -0.133. The number of rotatable bonds is 0. The lowest BCUT2D eigenvalue weighted by atomic mass is 9.85. The van der Waals surface area contributed by atoms with Crippen molar-refractivity contribution in [2.45, 2.75) is 30.2 Å². The maximum Gasteiger partial charge on any atom is 0.414 e. The Bertz CT molecular complexity index is 256. The van der Waals surface area contributed by atoms with Crippen LogP contribution in [-0.4, -0.2) is 22.9 Å². The fourth-order valence-corrected chi connectivity index (χ4v) is 2.54. The third kappa shape index (κ3) is 1.70. The molecule has 0 aromatic heterocycles. The second-order valence-electron chi connectivity index (χ2n) is 3.45. The molecule has 0 aromatic carbocycles. The van der Waals surface area contributed by atoms with Crippen molar-refractivity contribution in [3.63, 3.8) is 0 Å². The first-order chi connectivity index (χ1) is 6.16. The van der Waals surface area contributed by atoms with E-state index in [-0.39, 0.29) is 17.9 Å². The van der Waals surface area contributed by atoms with Crippen LogP contribution in [0.1, 0.15) is 19.3 Å². The maximum absolute atomic E-state index is 11.4. The van der Waals surface area contributed by atoms with Crippen LogP contribution in [0.4, 0.5) is 4.79 Å². The van der Waals surface area contributed by atoms with E-state index in [4.69, 9.17) is 4.74 Å². The number of carbonyl (C=O) groups is 2. The molecule has 0 bridgehead atoms.